The number of nitrogens with one attached hydrogen (secondary N) is 3. The number of pyridine rings is 1. The Balaban J connectivity index is 1.57. The number of nitrogens with zero attached hydrogens (tertiary/aromatic N) is 3. The van der Waals surface area contributed by atoms with Gasteiger partial charge < -0.3 is 10.6 Å². The molecule has 0 atom stereocenters. The van der Waals surface area contributed by atoms with Crippen LogP contribution in [0.25, 0.3) is 0 Å². The maximum Gasteiger partial charge on any atom is 0.241 e. The number of hydrogen-bond donors (Lipinski definition) is 3. The minimum absolute atomic E-state index is 0.224. The molecule has 9 heteroatoms. The molecule has 0 unspecified atom stereocenters. The van der Waals surface area contributed by atoms with Gasteiger partial charge in [-0.1, -0.05) is 23.8 Å². The molecule has 0 spiro atoms. The van der Waals surface area contributed by atoms with Gasteiger partial charge in [-0.05, 0) is 44.0 Å². The molecular formula is C20H24N6O2S. The van der Waals surface area contributed by atoms with Crippen LogP contribution >= 0.6 is 0 Å². The summed E-state index contributed by atoms with van der Waals surface area (Å²) in [4.78, 5) is 12.8. The van der Waals surface area contributed by atoms with Crippen LogP contribution in [0.1, 0.15) is 16.7 Å². The predicted molar refractivity (Wildman–Crippen MR) is 114 cm³/mol. The van der Waals surface area contributed by atoms with Crippen molar-refractivity contribution in [3.05, 3.63) is 65.6 Å². The lowest BCUT2D eigenvalue weighted by molar-refractivity contribution is 0.581. The first-order valence-electron chi connectivity index (χ1n) is 9.16. The molecule has 152 valence electrons. The summed E-state index contributed by atoms with van der Waals surface area (Å²) in [6.45, 7) is 6.17. The van der Waals surface area contributed by atoms with Gasteiger partial charge in [-0.3, -0.25) is 0 Å². The van der Waals surface area contributed by atoms with Crippen LogP contribution in [0.5, 0.6) is 0 Å². The Morgan fingerprint density at radius 1 is 0.862 bits per heavy atom. The highest BCUT2D eigenvalue weighted by molar-refractivity contribution is 7.89. The van der Waals surface area contributed by atoms with Crippen molar-refractivity contribution in [2.75, 3.05) is 23.7 Å². The Bertz CT molecular complexity index is 1060. The van der Waals surface area contributed by atoms with E-state index in [1.54, 1.807) is 12.3 Å². The van der Waals surface area contributed by atoms with Crippen molar-refractivity contribution in [1.29, 1.82) is 0 Å². The van der Waals surface area contributed by atoms with Gasteiger partial charge in [0.25, 0.3) is 0 Å². The van der Waals surface area contributed by atoms with Gasteiger partial charge in [-0.15, -0.1) is 0 Å². The lowest BCUT2D eigenvalue weighted by atomic mass is 10.1. The number of rotatable bonds is 8. The Labute approximate surface area is 170 Å². The van der Waals surface area contributed by atoms with Crippen LogP contribution in [-0.2, 0) is 10.0 Å². The van der Waals surface area contributed by atoms with Gasteiger partial charge in [0.05, 0.1) is 4.90 Å². The molecular weight excluding hydrogens is 388 g/mol. The number of sulfonamides is 1. The maximum absolute atomic E-state index is 12.7. The van der Waals surface area contributed by atoms with Gasteiger partial charge in [-0.2, -0.15) is 0 Å². The molecule has 3 N–H and O–H groups in total. The van der Waals surface area contributed by atoms with Crippen LogP contribution in [-0.4, -0.2) is 36.5 Å². The Morgan fingerprint density at radius 2 is 1.59 bits per heavy atom. The van der Waals surface area contributed by atoms with E-state index in [9.17, 15) is 8.42 Å². The zero-order chi connectivity index (χ0) is 20.9. The molecule has 0 aliphatic rings. The van der Waals surface area contributed by atoms with E-state index in [0.29, 0.717) is 28.9 Å². The minimum atomic E-state index is -3.59. The van der Waals surface area contributed by atoms with Crippen LogP contribution in [0.15, 0.2) is 53.8 Å². The molecule has 0 aliphatic heterocycles. The van der Waals surface area contributed by atoms with E-state index in [0.717, 1.165) is 16.7 Å². The number of benzene rings is 1. The second-order valence-electron chi connectivity index (χ2n) is 6.68. The highest BCUT2D eigenvalue weighted by Crippen LogP contribution is 2.21. The summed E-state index contributed by atoms with van der Waals surface area (Å²) >= 11 is 0. The molecule has 0 bridgehead atoms. The van der Waals surface area contributed by atoms with Crippen molar-refractivity contribution in [1.82, 2.24) is 19.7 Å². The van der Waals surface area contributed by atoms with Crippen molar-refractivity contribution in [2.24, 2.45) is 0 Å². The van der Waals surface area contributed by atoms with Crippen LogP contribution in [0.4, 0.5) is 17.5 Å². The largest absolute Gasteiger partial charge is 0.369 e. The zero-order valence-corrected chi connectivity index (χ0v) is 17.4. The van der Waals surface area contributed by atoms with Crippen molar-refractivity contribution in [3.63, 3.8) is 0 Å². The van der Waals surface area contributed by atoms with Gasteiger partial charge in [0.1, 0.15) is 23.8 Å². The van der Waals surface area contributed by atoms with Gasteiger partial charge in [0, 0.05) is 25.4 Å². The predicted octanol–water partition coefficient (Wildman–Crippen LogP) is 2.93. The first-order valence-corrected chi connectivity index (χ1v) is 10.6. The monoisotopic (exact) mass is 412 g/mol. The van der Waals surface area contributed by atoms with E-state index in [1.165, 1.54) is 6.33 Å². The normalized spacial score (nSPS) is 11.3. The van der Waals surface area contributed by atoms with Crippen LogP contribution in [0, 0.1) is 20.8 Å². The van der Waals surface area contributed by atoms with Crippen LogP contribution in [0.2, 0.25) is 0 Å². The fourth-order valence-corrected chi connectivity index (χ4v) is 4.61. The lowest BCUT2D eigenvalue weighted by Crippen LogP contribution is -2.30. The average Bonchev–Trinajstić information content (AvgIpc) is 2.65. The van der Waals surface area contributed by atoms with Crippen LogP contribution < -0.4 is 15.4 Å². The fourth-order valence-electron chi connectivity index (χ4n) is 3.13. The number of aryl methyl sites for hydroxylation is 3. The maximum atomic E-state index is 12.7. The molecule has 0 fully saturated rings. The molecule has 3 rings (SSSR count). The molecule has 2 aromatic heterocycles. The summed E-state index contributed by atoms with van der Waals surface area (Å²) in [5.74, 6) is 1.85. The molecule has 0 aliphatic carbocycles. The number of hydrogen-bond acceptors (Lipinski definition) is 7. The van der Waals surface area contributed by atoms with E-state index < -0.39 is 10.0 Å². The standard InChI is InChI=1S/C20H24N6O2S/c1-14-10-15(2)20(16(3)11-14)29(27,28)25-9-8-22-18-12-19(24-13-23-18)26-17-6-4-5-7-21-17/h4-7,10-13,25H,8-9H2,1-3H3,(H2,21,22,23,24,26). The summed E-state index contributed by atoms with van der Waals surface area (Å²) in [5, 5.41) is 6.18. The zero-order valence-electron chi connectivity index (χ0n) is 16.6. The van der Waals surface area contributed by atoms with Gasteiger partial charge in [-0.25, -0.2) is 28.1 Å². The quantitative estimate of drug-likeness (QED) is 0.488. The summed E-state index contributed by atoms with van der Waals surface area (Å²) < 4.78 is 28.0. The Kier molecular flexibility index (Phi) is 6.40. The molecule has 3 aromatic rings. The lowest BCUT2D eigenvalue weighted by Gasteiger charge is -2.13. The van der Waals surface area contributed by atoms with E-state index in [-0.39, 0.29) is 6.54 Å². The van der Waals surface area contributed by atoms with Crippen molar-refractivity contribution in [3.8, 4) is 0 Å². The summed E-state index contributed by atoms with van der Waals surface area (Å²) in [7, 11) is -3.59. The highest BCUT2D eigenvalue weighted by atomic mass is 32.2. The van der Waals surface area contributed by atoms with Gasteiger partial charge in [0.2, 0.25) is 10.0 Å². The Hall–Kier alpha value is -3.04. The third-order valence-corrected chi connectivity index (χ3v) is 5.95. The van der Waals surface area contributed by atoms with Crippen molar-refractivity contribution >= 4 is 27.5 Å². The summed E-state index contributed by atoms with van der Waals surface area (Å²) in [6, 6.07) is 11.0. The highest BCUT2D eigenvalue weighted by Gasteiger charge is 2.19. The molecule has 0 amide bonds. The molecule has 2 heterocycles. The molecule has 8 nitrogen and oxygen atoms in total. The molecule has 0 saturated heterocycles. The van der Waals surface area contributed by atoms with E-state index in [1.807, 2.05) is 51.1 Å². The third-order valence-electron chi connectivity index (χ3n) is 4.18. The molecule has 0 saturated carbocycles. The molecule has 0 radical (unpaired) electrons. The SMILES string of the molecule is Cc1cc(C)c(S(=O)(=O)NCCNc2cc(Nc3ccccn3)ncn2)c(C)c1. The minimum Gasteiger partial charge on any atom is -0.369 e. The van der Waals surface area contributed by atoms with E-state index in [2.05, 4.69) is 30.3 Å². The third kappa shape index (κ3) is 5.49. The van der Waals surface area contributed by atoms with E-state index in [4.69, 9.17) is 0 Å². The van der Waals surface area contributed by atoms with Crippen LogP contribution in [0.3, 0.4) is 0 Å². The van der Waals surface area contributed by atoms with Gasteiger partial charge >= 0.3 is 0 Å². The topological polar surface area (TPSA) is 109 Å². The summed E-state index contributed by atoms with van der Waals surface area (Å²) in [5.41, 5.74) is 2.52. The van der Waals surface area contributed by atoms with Crippen molar-refractivity contribution in [2.45, 2.75) is 25.7 Å². The second-order valence-corrected chi connectivity index (χ2v) is 8.38. The molecule has 29 heavy (non-hydrogen) atoms. The molecule has 1 aromatic carbocycles. The second kappa shape index (κ2) is 8.97. The first-order chi connectivity index (χ1) is 13.8. The fraction of sp³-hybridized carbons (Fsp3) is 0.250. The van der Waals surface area contributed by atoms with Crippen molar-refractivity contribution < 1.29 is 8.42 Å². The Morgan fingerprint density at radius 3 is 2.28 bits per heavy atom. The van der Waals surface area contributed by atoms with E-state index >= 15 is 0 Å². The number of anilines is 3. The van der Waals surface area contributed by atoms with Gasteiger partial charge in [0.15, 0.2) is 0 Å². The summed E-state index contributed by atoms with van der Waals surface area (Å²) in [6.07, 6.45) is 3.11. The first kappa shape index (κ1) is 20.7. The smallest absolute Gasteiger partial charge is 0.241 e. The average molecular weight is 413 g/mol. The number of aromatic nitrogens is 3.